The van der Waals surface area contributed by atoms with Gasteiger partial charge < -0.3 is 19.7 Å². The van der Waals surface area contributed by atoms with Crippen LogP contribution in [-0.4, -0.2) is 15.9 Å². The van der Waals surface area contributed by atoms with Crippen molar-refractivity contribution in [3.8, 4) is 0 Å². The summed E-state index contributed by atoms with van der Waals surface area (Å²) in [7, 11) is 0. The molecule has 0 unspecified atom stereocenters. The van der Waals surface area contributed by atoms with E-state index in [0.717, 1.165) is 5.56 Å². The first-order valence-corrected chi connectivity index (χ1v) is 7.51. The van der Waals surface area contributed by atoms with E-state index in [4.69, 9.17) is 4.42 Å². The number of aryl methyl sites for hydroxylation is 1. The summed E-state index contributed by atoms with van der Waals surface area (Å²) < 4.78 is 5.85. The number of fused-ring (bicyclic) bond motifs is 1. The van der Waals surface area contributed by atoms with E-state index in [2.05, 4.69) is 31.2 Å². The summed E-state index contributed by atoms with van der Waals surface area (Å²) in [5.74, 6) is -0.151. The van der Waals surface area contributed by atoms with E-state index in [-0.39, 0.29) is 18.2 Å². The van der Waals surface area contributed by atoms with Crippen LogP contribution in [0.4, 0.5) is 0 Å². The molecule has 8 heteroatoms. The number of hydrogen-bond acceptors (Lipinski definition) is 4. The lowest BCUT2D eigenvalue weighted by Gasteiger charge is -2.08. The molecule has 1 aromatic carbocycles. The van der Waals surface area contributed by atoms with Gasteiger partial charge in [-0.05, 0) is 36.2 Å². The summed E-state index contributed by atoms with van der Waals surface area (Å²) in [6, 6.07) is 5.06. The Hall–Kier alpha value is -2.61. The molecular weight excluding hydrogens is 366 g/mol. The van der Waals surface area contributed by atoms with Crippen molar-refractivity contribution in [2.45, 2.75) is 13.5 Å². The third-order valence-corrected chi connectivity index (χ3v) is 3.73. The minimum absolute atomic E-state index is 0.163. The number of amides is 1. The molecule has 1 amide bonds. The highest BCUT2D eigenvalue weighted by molar-refractivity contribution is 9.10. The number of benzene rings is 1. The van der Waals surface area contributed by atoms with Crippen LogP contribution in [0.3, 0.4) is 0 Å². The van der Waals surface area contributed by atoms with Crippen LogP contribution in [0.1, 0.15) is 21.7 Å². The average molecular weight is 378 g/mol. The van der Waals surface area contributed by atoms with Crippen LogP contribution in [0.2, 0.25) is 0 Å². The smallest absolute Gasteiger partial charge is 0.314 e. The third-order valence-electron chi connectivity index (χ3n) is 3.27. The molecule has 0 aliphatic carbocycles. The number of H-pyrrole nitrogens is 2. The molecule has 0 atom stereocenters. The van der Waals surface area contributed by atoms with Gasteiger partial charge in [-0.2, -0.15) is 0 Å². The molecule has 0 spiro atoms. The van der Waals surface area contributed by atoms with Crippen molar-refractivity contribution in [2.75, 3.05) is 0 Å². The van der Waals surface area contributed by atoms with Crippen molar-refractivity contribution in [2.24, 2.45) is 0 Å². The van der Waals surface area contributed by atoms with E-state index in [1.807, 2.05) is 6.92 Å². The second-order valence-corrected chi connectivity index (χ2v) is 5.98. The fraction of sp³-hybridized carbons (Fsp3) is 0.133. The topological polar surface area (TPSA) is 108 Å². The van der Waals surface area contributed by atoms with Crippen molar-refractivity contribution in [1.29, 1.82) is 0 Å². The highest BCUT2D eigenvalue weighted by Gasteiger charge is 2.12. The van der Waals surface area contributed by atoms with Crippen LogP contribution in [0.25, 0.3) is 11.0 Å². The first-order chi connectivity index (χ1) is 10.9. The van der Waals surface area contributed by atoms with Gasteiger partial charge in [0, 0.05) is 11.0 Å². The average Bonchev–Trinajstić information content (AvgIpc) is 2.93. The number of hydrogen-bond donors (Lipinski definition) is 3. The first kappa shape index (κ1) is 15.3. The molecule has 0 bridgehead atoms. The number of halogens is 1. The van der Waals surface area contributed by atoms with E-state index in [9.17, 15) is 14.4 Å². The Labute approximate surface area is 137 Å². The lowest BCUT2D eigenvalue weighted by molar-refractivity contribution is 0.0923. The molecule has 0 saturated carbocycles. The summed E-state index contributed by atoms with van der Waals surface area (Å²) in [5.41, 5.74) is 0.978. The molecule has 3 rings (SSSR count). The van der Waals surface area contributed by atoms with Crippen molar-refractivity contribution in [3.63, 3.8) is 0 Å². The number of carbonyl (C=O) groups excluding carboxylic acids is 1. The van der Waals surface area contributed by atoms with Gasteiger partial charge in [-0.1, -0.05) is 15.9 Å². The first-order valence-electron chi connectivity index (χ1n) is 6.72. The van der Waals surface area contributed by atoms with Gasteiger partial charge in [0.15, 0.2) is 5.76 Å². The van der Waals surface area contributed by atoms with Crippen LogP contribution in [0.5, 0.6) is 0 Å². The van der Waals surface area contributed by atoms with Gasteiger partial charge in [-0.25, -0.2) is 0 Å². The highest BCUT2D eigenvalue weighted by Crippen LogP contribution is 2.20. The fourth-order valence-corrected chi connectivity index (χ4v) is 2.72. The molecule has 23 heavy (non-hydrogen) atoms. The molecule has 0 aliphatic rings. The number of rotatable bonds is 3. The van der Waals surface area contributed by atoms with Crippen LogP contribution in [0.15, 0.2) is 42.9 Å². The quantitative estimate of drug-likeness (QED) is 0.604. The van der Waals surface area contributed by atoms with Gasteiger partial charge in [0.25, 0.3) is 5.91 Å². The van der Waals surface area contributed by atoms with Gasteiger partial charge >= 0.3 is 11.1 Å². The molecule has 3 N–H and O–H groups in total. The SMILES string of the molecule is Cc1coc(C(=O)NCc2cc(Br)cc3[nH]c(=O)c(=O)[nH]c23)c1. The zero-order valence-electron chi connectivity index (χ0n) is 12.0. The molecule has 7 nitrogen and oxygen atoms in total. The fourth-order valence-electron chi connectivity index (χ4n) is 2.21. The molecule has 0 fully saturated rings. The molecule has 0 radical (unpaired) electrons. The molecule has 2 heterocycles. The number of aromatic amines is 2. The van der Waals surface area contributed by atoms with E-state index in [0.29, 0.717) is 21.1 Å². The van der Waals surface area contributed by atoms with Crippen LogP contribution in [-0.2, 0) is 6.54 Å². The van der Waals surface area contributed by atoms with E-state index in [1.165, 1.54) is 6.26 Å². The van der Waals surface area contributed by atoms with Crippen molar-refractivity contribution in [3.05, 3.63) is 66.5 Å². The number of carbonyl (C=O) groups is 1. The number of furan rings is 1. The second-order valence-electron chi connectivity index (χ2n) is 5.07. The summed E-state index contributed by atoms with van der Waals surface area (Å²) in [5, 5.41) is 2.71. The standard InChI is InChI=1S/C15H12BrN3O4/c1-7-2-11(23-6-7)13(20)17-5-8-3-9(16)4-10-12(8)19-15(22)14(21)18-10/h2-4,6H,5H2,1H3,(H,17,20)(H,18,21)(H,19,22). The van der Waals surface area contributed by atoms with Crippen LogP contribution >= 0.6 is 15.9 Å². The Kier molecular flexibility index (Phi) is 3.91. The zero-order valence-corrected chi connectivity index (χ0v) is 13.6. The highest BCUT2D eigenvalue weighted by atomic mass is 79.9. The predicted molar refractivity (Wildman–Crippen MR) is 87.5 cm³/mol. The van der Waals surface area contributed by atoms with Crippen LogP contribution in [0, 0.1) is 6.92 Å². The molecule has 118 valence electrons. The van der Waals surface area contributed by atoms with Crippen molar-refractivity contribution >= 4 is 32.9 Å². The lowest BCUT2D eigenvalue weighted by Crippen LogP contribution is -2.30. The molecule has 0 aliphatic heterocycles. The van der Waals surface area contributed by atoms with Crippen molar-refractivity contribution < 1.29 is 9.21 Å². The number of nitrogens with one attached hydrogen (secondary N) is 3. The van der Waals surface area contributed by atoms with Gasteiger partial charge in [0.05, 0.1) is 17.3 Å². The van der Waals surface area contributed by atoms with E-state index in [1.54, 1.807) is 18.2 Å². The molecule has 3 aromatic rings. The zero-order chi connectivity index (χ0) is 16.6. The van der Waals surface area contributed by atoms with Crippen LogP contribution < -0.4 is 16.4 Å². The predicted octanol–water partition coefficient (Wildman–Crippen LogP) is 1.81. The maximum Gasteiger partial charge on any atom is 0.314 e. The Morgan fingerprint density at radius 1 is 1.22 bits per heavy atom. The second kappa shape index (κ2) is 5.88. The van der Waals surface area contributed by atoms with Gasteiger partial charge in [0.2, 0.25) is 0 Å². The molecule has 2 aromatic heterocycles. The maximum atomic E-state index is 12.0. The van der Waals surface area contributed by atoms with Gasteiger partial charge in [-0.3, -0.25) is 14.4 Å². The van der Waals surface area contributed by atoms with Gasteiger partial charge in [-0.15, -0.1) is 0 Å². The largest absolute Gasteiger partial charge is 0.459 e. The molecule has 0 saturated heterocycles. The van der Waals surface area contributed by atoms with E-state index < -0.39 is 11.1 Å². The van der Waals surface area contributed by atoms with Gasteiger partial charge in [0.1, 0.15) is 0 Å². The summed E-state index contributed by atoms with van der Waals surface area (Å²) in [6.07, 6.45) is 1.49. The summed E-state index contributed by atoms with van der Waals surface area (Å²) in [6.45, 7) is 1.99. The third kappa shape index (κ3) is 3.11. The summed E-state index contributed by atoms with van der Waals surface area (Å²) in [4.78, 5) is 40.0. The minimum Gasteiger partial charge on any atom is -0.459 e. The Morgan fingerprint density at radius 3 is 2.65 bits per heavy atom. The maximum absolute atomic E-state index is 12.0. The Balaban J connectivity index is 1.93. The lowest BCUT2D eigenvalue weighted by atomic mass is 10.1. The normalized spacial score (nSPS) is 10.9. The van der Waals surface area contributed by atoms with E-state index >= 15 is 0 Å². The van der Waals surface area contributed by atoms with Crippen molar-refractivity contribution in [1.82, 2.24) is 15.3 Å². The number of aromatic nitrogens is 2. The minimum atomic E-state index is -0.742. The molecular formula is C15H12BrN3O4. The Bertz CT molecular complexity index is 1020. The summed E-state index contributed by atoms with van der Waals surface area (Å²) >= 11 is 3.34. The monoisotopic (exact) mass is 377 g/mol. The Morgan fingerprint density at radius 2 is 1.96 bits per heavy atom.